The number of hydrogen-bond acceptors (Lipinski definition) is 4. The molecular weight excluding hydrogens is 336 g/mol. The van der Waals surface area contributed by atoms with Crippen molar-refractivity contribution in [3.8, 4) is 0 Å². The van der Waals surface area contributed by atoms with Crippen LogP contribution >= 0.6 is 0 Å². The van der Waals surface area contributed by atoms with Crippen molar-refractivity contribution in [2.45, 2.75) is 40.2 Å². The average Bonchev–Trinajstić information content (AvgIpc) is 2.70. The molecule has 1 aromatic carbocycles. The predicted molar refractivity (Wildman–Crippen MR) is 112 cm³/mol. The van der Waals surface area contributed by atoms with Crippen molar-refractivity contribution in [2.75, 3.05) is 36.0 Å². The number of nitrogens with one attached hydrogen (secondary N) is 1. The summed E-state index contributed by atoms with van der Waals surface area (Å²) in [6.07, 6.45) is 2.73. The summed E-state index contributed by atoms with van der Waals surface area (Å²) in [7, 11) is 0. The van der Waals surface area contributed by atoms with E-state index in [4.69, 9.17) is 0 Å². The molecule has 1 amide bonds. The molecule has 0 aliphatic carbocycles. The Bertz CT molecular complexity index is 779. The largest absolute Gasteiger partial charge is 0.368 e. The van der Waals surface area contributed by atoms with Crippen LogP contribution in [-0.4, -0.2) is 43.1 Å². The van der Waals surface area contributed by atoms with Crippen LogP contribution in [0, 0.1) is 13.8 Å². The molecule has 0 radical (unpaired) electrons. The van der Waals surface area contributed by atoms with Gasteiger partial charge < -0.3 is 15.1 Å². The summed E-state index contributed by atoms with van der Waals surface area (Å²) in [5, 5.41) is 2.96. The fraction of sp³-hybridized carbons (Fsp3) is 0.455. The Labute approximate surface area is 162 Å². The fourth-order valence-corrected chi connectivity index (χ4v) is 3.39. The smallest absolute Gasteiger partial charge is 0.270 e. The van der Waals surface area contributed by atoms with E-state index in [0.29, 0.717) is 5.69 Å². The van der Waals surface area contributed by atoms with Crippen LogP contribution < -0.4 is 15.1 Å². The summed E-state index contributed by atoms with van der Waals surface area (Å²) in [6, 6.07) is 10.5. The Morgan fingerprint density at radius 2 is 1.81 bits per heavy atom. The first-order valence-electron chi connectivity index (χ1n) is 9.82. The molecule has 1 unspecified atom stereocenters. The summed E-state index contributed by atoms with van der Waals surface area (Å²) < 4.78 is 0. The average molecular weight is 367 g/mol. The summed E-state index contributed by atoms with van der Waals surface area (Å²) in [5.41, 5.74) is 5.60. The summed E-state index contributed by atoms with van der Waals surface area (Å²) >= 11 is 0. The van der Waals surface area contributed by atoms with Gasteiger partial charge in [0.05, 0.1) is 11.9 Å². The summed E-state index contributed by atoms with van der Waals surface area (Å²) in [5.74, 6) is -0.101. The number of carbonyl (C=O) groups is 1. The standard InChI is InChI=1S/C22H30N4O/c1-5-17(3)24-22(27)20-10-9-19(15-23-20)25-11-13-26(14-12-25)21-8-6-7-16(2)18(21)4/h6-10,15,17H,5,11-14H2,1-4H3,(H,24,27). The van der Waals surface area contributed by atoms with Crippen LogP contribution in [0.25, 0.3) is 0 Å². The highest BCUT2D eigenvalue weighted by Crippen LogP contribution is 2.25. The van der Waals surface area contributed by atoms with Gasteiger partial charge in [-0.15, -0.1) is 0 Å². The molecule has 0 spiro atoms. The molecule has 0 bridgehead atoms. The van der Waals surface area contributed by atoms with Gasteiger partial charge in [-0.3, -0.25) is 4.79 Å². The van der Waals surface area contributed by atoms with Crippen LogP contribution in [0.3, 0.4) is 0 Å². The van der Waals surface area contributed by atoms with Crippen molar-refractivity contribution in [1.82, 2.24) is 10.3 Å². The van der Waals surface area contributed by atoms with E-state index in [1.165, 1.54) is 16.8 Å². The van der Waals surface area contributed by atoms with Crippen molar-refractivity contribution in [3.63, 3.8) is 0 Å². The van der Waals surface area contributed by atoms with E-state index in [1.807, 2.05) is 25.3 Å². The molecule has 1 aliphatic rings. The van der Waals surface area contributed by atoms with Crippen molar-refractivity contribution in [3.05, 3.63) is 53.3 Å². The third-order valence-electron chi connectivity index (χ3n) is 5.53. The minimum Gasteiger partial charge on any atom is -0.368 e. The zero-order valence-electron chi connectivity index (χ0n) is 16.8. The van der Waals surface area contributed by atoms with Crippen LogP contribution in [-0.2, 0) is 0 Å². The summed E-state index contributed by atoms with van der Waals surface area (Å²) in [4.78, 5) is 21.3. The minimum absolute atomic E-state index is 0.101. The highest BCUT2D eigenvalue weighted by atomic mass is 16.1. The molecule has 5 heteroatoms. The van der Waals surface area contributed by atoms with Gasteiger partial charge in [0.25, 0.3) is 5.91 Å². The molecule has 2 heterocycles. The topological polar surface area (TPSA) is 48.5 Å². The lowest BCUT2D eigenvalue weighted by atomic mass is 10.1. The Kier molecular flexibility index (Phi) is 5.99. The Balaban J connectivity index is 1.61. The van der Waals surface area contributed by atoms with Gasteiger partial charge >= 0.3 is 0 Å². The number of amides is 1. The monoisotopic (exact) mass is 366 g/mol. The van der Waals surface area contributed by atoms with E-state index in [0.717, 1.165) is 38.3 Å². The lowest BCUT2D eigenvalue weighted by molar-refractivity contribution is 0.0934. The number of benzene rings is 1. The molecule has 1 atom stereocenters. The molecule has 1 fully saturated rings. The molecule has 3 rings (SSSR count). The number of piperazine rings is 1. The maximum Gasteiger partial charge on any atom is 0.270 e. The van der Waals surface area contributed by atoms with Gasteiger partial charge in [-0.05, 0) is 56.5 Å². The van der Waals surface area contributed by atoms with Gasteiger partial charge in [0.15, 0.2) is 0 Å². The second-order valence-electron chi connectivity index (χ2n) is 7.38. The molecule has 5 nitrogen and oxygen atoms in total. The first-order chi connectivity index (χ1) is 13.0. The number of carbonyl (C=O) groups excluding carboxylic acids is 1. The Hall–Kier alpha value is -2.56. The molecule has 144 valence electrons. The van der Waals surface area contributed by atoms with Crippen molar-refractivity contribution >= 4 is 17.3 Å². The minimum atomic E-state index is -0.101. The first kappa shape index (κ1) is 19.2. The molecular formula is C22H30N4O. The number of anilines is 2. The highest BCUT2D eigenvalue weighted by molar-refractivity contribution is 5.92. The Morgan fingerprint density at radius 1 is 1.11 bits per heavy atom. The van der Waals surface area contributed by atoms with Crippen molar-refractivity contribution in [2.24, 2.45) is 0 Å². The fourth-order valence-electron chi connectivity index (χ4n) is 3.39. The number of aromatic nitrogens is 1. The van der Waals surface area contributed by atoms with Crippen LogP contribution in [0.1, 0.15) is 41.9 Å². The molecule has 1 N–H and O–H groups in total. The Morgan fingerprint density at radius 3 is 2.44 bits per heavy atom. The number of nitrogens with zero attached hydrogens (tertiary/aromatic N) is 3. The quantitative estimate of drug-likeness (QED) is 0.879. The molecule has 0 saturated carbocycles. The van der Waals surface area contributed by atoms with Gasteiger partial charge in [-0.2, -0.15) is 0 Å². The molecule has 1 saturated heterocycles. The van der Waals surface area contributed by atoms with E-state index in [2.05, 4.69) is 59.1 Å². The van der Waals surface area contributed by atoms with Crippen LogP contribution in [0.2, 0.25) is 0 Å². The second kappa shape index (κ2) is 8.42. The van der Waals surface area contributed by atoms with Gasteiger partial charge in [0, 0.05) is 37.9 Å². The third-order valence-corrected chi connectivity index (χ3v) is 5.53. The van der Waals surface area contributed by atoms with Crippen molar-refractivity contribution in [1.29, 1.82) is 0 Å². The number of rotatable bonds is 5. The molecule has 27 heavy (non-hydrogen) atoms. The van der Waals surface area contributed by atoms with Crippen LogP contribution in [0.5, 0.6) is 0 Å². The van der Waals surface area contributed by atoms with Gasteiger partial charge in [0.1, 0.15) is 5.69 Å². The molecule has 1 aliphatic heterocycles. The predicted octanol–water partition coefficient (Wildman–Crippen LogP) is 3.55. The maximum absolute atomic E-state index is 12.2. The normalized spacial score (nSPS) is 15.6. The number of pyridine rings is 1. The second-order valence-corrected chi connectivity index (χ2v) is 7.38. The summed E-state index contributed by atoms with van der Waals surface area (Å²) in [6.45, 7) is 12.3. The number of aryl methyl sites for hydroxylation is 1. The van der Waals surface area contributed by atoms with E-state index in [9.17, 15) is 4.79 Å². The number of hydrogen-bond donors (Lipinski definition) is 1. The van der Waals surface area contributed by atoms with Gasteiger partial charge in [-0.1, -0.05) is 19.1 Å². The van der Waals surface area contributed by atoms with E-state index < -0.39 is 0 Å². The van der Waals surface area contributed by atoms with E-state index >= 15 is 0 Å². The first-order valence-corrected chi connectivity index (χ1v) is 9.82. The maximum atomic E-state index is 12.2. The zero-order valence-corrected chi connectivity index (χ0v) is 16.8. The lowest BCUT2D eigenvalue weighted by Gasteiger charge is -2.38. The van der Waals surface area contributed by atoms with E-state index in [1.54, 1.807) is 0 Å². The van der Waals surface area contributed by atoms with Gasteiger partial charge in [-0.25, -0.2) is 4.98 Å². The highest BCUT2D eigenvalue weighted by Gasteiger charge is 2.20. The zero-order chi connectivity index (χ0) is 19.4. The van der Waals surface area contributed by atoms with Crippen LogP contribution in [0.4, 0.5) is 11.4 Å². The molecule has 2 aromatic rings. The van der Waals surface area contributed by atoms with Gasteiger partial charge in [0.2, 0.25) is 0 Å². The van der Waals surface area contributed by atoms with Crippen LogP contribution in [0.15, 0.2) is 36.5 Å². The third kappa shape index (κ3) is 4.41. The lowest BCUT2D eigenvalue weighted by Crippen LogP contribution is -2.46. The SMILES string of the molecule is CCC(C)NC(=O)c1ccc(N2CCN(c3cccc(C)c3C)CC2)cn1. The van der Waals surface area contributed by atoms with E-state index in [-0.39, 0.29) is 11.9 Å². The molecule has 1 aromatic heterocycles. The van der Waals surface area contributed by atoms with Crippen molar-refractivity contribution < 1.29 is 4.79 Å².